The van der Waals surface area contributed by atoms with Crippen molar-refractivity contribution in [2.75, 3.05) is 14.1 Å². The minimum Gasteiger partial charge on any atom is -0.457 e. The normalized spacial score (nSPS) is 17.0. The second-order valence-corrected chi connectivity index (χ2v) is 5.82. The van der Waals surface area contributed by atoms with Crippen molar-refractivity contribution in [3.05, 3.63) is 77.8 Å². The molecule has 0 radical (unpaired) electrons. The first kappa shape index (κ1) is 17.0. The van der Waals surface area contributed by atoms with E-state index in [9.17, 15) is 4.39 Å². The Morgan fingerprint density at radius 1 is 0.960 bits per heavy atom. The smallest absolute Gasteiger partial charge is 0.127 e. The van der Waals surface area contributed by atoms with Gasteiger partial charge >= 0.3 is 0 Å². The van der Waals surface area contributed by atoms with E-state index in [-0.39, 0.29) is 11.9 Å². The van der Waals surface area contributed by atoms with E-state index < -0.39 is 0 Å². The van der Waals surface area contributed by atoms with Crippen molar-refractivity contribution in [3.8, 4) is 11.5 Å². The molecule has 0 aliphatic carbocycles. The number of halogens is 1. The van der Waals surface area contributed by atoms with Gasteiger partial charge in [0.05, 0.1) is 11.7 Å². The van der Waals surface area contributed by atoms with E-state index in [2.05, 4.69) is 34.8 Å². The first-order valence-corrected chi connectivity index (χ1v) is 8.22. The Morgan fingerprint density at radius 2 is 1.56 bits per heavy atom. The zero-order valence-corrected chi connectivity index (χ0v) is 14.6. The molecule has 5 heteroatoms. The molecule has 25 heavy (non-hydrogen) atoms. The fourth-order valence-corrected chi connectivity index (χ4v) is 2.85. The average molecular weight is 339 g/mol. The molecule has 0 bridgehead atoms. The highest BCUT2D eigenvalue weighted by Crippen LogP contribution is 2.28. The number of rotatable bonds is 5. The summed E-state index contributed by atoms with van der Waals surface area (Å²) in [7, 11) is 3.83. The highest BCUT2D eigenvalue weighted by molar-refractivity contribution is 5.68. The standard InChI is InChI=1S/C20H22FN3O/c1-14-12-17(22-2)13-20(24(14)23-3)15-4-8-18(9-5-15)25-19-10-6-16(21)7-11-19/h4-14,22-23H,1-3H3. The van der Waals surface area contributed by atoms with Gasteiger partial charge in [0.15, 0.2) is 0 Å². The fraction of sp³-hybridized carbons (Fsp3) is 0.200. The third kappa shape index (κ3) is 3.83. The zero-order chi connectivity index (χ0) is 17.8. The number of ether oxygens (including phenoxy) is 1. The molecule has 2 aromatic carbocycles. The van der Waals surface area contributed by atoms with E-state index in [0.29, 0.717) is 11.5 Å². The van der Waals surface area contributed by atoms with Crippen LogP contribution in [0.4, 0.5) is 4.39 Å². The van der Waals surface area contributed by atoms with Gasteiger partial charge in [-0.25, -0.2) is 9.82 Å². The molecule has 1 atom stereocenters. The molecule has 1 unspecified atom stereocenters. The van der Waals surface area contributed by atoms with E-state index in [0.717, 1.165) is 17.0 Å². The summed E-state index contributed by atoms with van der Waals surface area (Å²) < 4.78 is 18.7. The quantitative estimate of drug-likeness (QED) is 0.866. The Balaban J connectivity index is 1.82. The van der Waals surface area contributed by atoms with E-state index >= 15 is 0 Å². The molecule has 1 aliphatic rings. The predicted molar refractivity (Wildman–Crippen MR) is 98.4 cm³/mol. The molecule has 1 aliphatic heterocycles. The molecular formula is C20H22FN3O. The number of benzene rings is 2. The van der Waals surface area contributed by atoms with Crippen molar-refractivity contribution in [1.82, 2.24) is 15.8 Å². The lowest BCUT2D eigenvalue weighted by Gasteiger charge is -2.34. The van der Waals surface area contributed by atoms with Gasteiger partial charge in [-0.3, -0.25) is 0 Å². The molecule has 0 saturated carbocycles. The Bertz CT molecular complexity index is 782. The summed E-state index contributed by atoms with van der Waals surface area (Å²) in [4.78, 5) is 0. The molecule has 0 aromatic heterocycles. The fourth-order valence-electron chi connectivity index (χ4n) is 2.85. The van der Waals surface area contributed by atoms with Crippen LogP contribution in [0.25, 0.3) is 5.70 Å². The molecule has 0 spiro atoms. The van der Waals surface area contributed by atoms with Crippen LogP contribution in [-0.2, 0) is 0 Å². The van der Waals surface area contributed by atoms with Crippen LogP contribution in [0.2, 0.25) is 0 Å². The monoisotopic (exact) mass is 339 g/mol. The number of hydrogen-bond donors (Lipinski definition) is 2. The molecule has 1 heterocycles. The minimum atomic E-state index is -0.276. The number of allylic oxidation sites excluding steroid dienone is 1. The van der Waals surface area contributed by atoms with Crippen molar-refractivity contribution in [1.29, 1.82) is 0 Å². The summed E-state index contributed by atoms with van der Waals surface area (Å²) in [5, 5.41) is 5.31. The van der Waals surface area contributed by atoms with E-state index in [1.807, 2.05) is 38.4 Å². The van der Waals surface area contributed by atoms with Crippen LogP contribution in [0.15, 0.2) is 66.4 Å². The average Bonchev–Trinajstić information content (AvgIpc) is 2.63. The number of hydrogen-bond acceptors (Lipinski definition) is 4. The Hall–Kier alpha value is -2.79. The predicted octanol–water partition coefficient (Wildman–Crippen LogP) is 3.90. The summed E-state index contributed by atoms with van der Waals surface area (Å²) in [6, 6.07) is 14.1. The van der Waals surface area contributed by atoms with Gasteiger partial charge in [-0.2, -0.15) is 0 Å². The lowest BCUT2D eigenvalue weighted by Crippen LogP contribution is -2.42. The van der Waals surface area contributed by atoms with Crippen LogP contribution in [0.1, 0.15) is 12.5 Å². The summed E-state index contributed by atoms with van der Waals surface area (Å²) in [6.07, 6.45) is 4.26. The van der Waals surface area contributed by atoms with Gasteiger partial charge < -0.3 is 15.1 Å². The van der Waals surface area contributed by atoms with Crippen molar-refractivity contribution in [2.45, 2.75) is 13.0 Å². The number of nitrogens with one attached hydrogen (secondary N) is 2. The van der Waals surface area contributed by atoms with Gasteiger partial charge in [-0.05, 0) is 73.2 Å². The molecule has 0 saturated heterocycles. The van der Waals surface area contributed by atoms with E-state index in [4.69, 9.17) is 4.74 Å². The molecular weight excluding hydrogens is 317 g/mol. The second kappa shape index (κ2) is 7.40. The van der Waals surface area contributed by atoms with Crippen LogP contribution in [0, 0.1) is 5.82 Å². The molecule has 130 valence electrons. The van der Waals surface area contributed by atoms with Crippen molar-refractivity contribution >= 4 is 5.70 Å². The van der Waals surface area contributed by atoms with Crippen LogP contribution >= 0.6 is 0 Å². The third-order valence-corrected chi connectivity index (χ3v) is 4.11. The zero-order valence-electron chi connectivity index (χ0n) is 14.6. The van der Waals surface area contributed by atoms with Gasteiger partial charge in [0.25, 0.3) is 0 Å². The highest BCUT2D eigenvalue weighted by atomic mass is 19.1. The van der Waals surface area contributed by atoms with Gasteiger partial charge in [0.2, 0.25) is 0 Å². The molecule has 0 fully saturated rings. The maximum Gasteiger partial charge on any atom is 0.127 e. The van der Waals surface area contributed by atoms with Crippen molar-refractivity contribution < 1.29 is 9.13 Å². The Labute approximate surface area is 147 Å². The Morgan fingerprint density at radius 3 is 2.12 bits per heavy atom. The van der Waals surface area contributed by atoms with Gasteiger partial charge in [-0.15, -0.1) is 0 Å². The SMILES string of the molecule is CNC1=CC(C)N(NC)C(c2ccc(Oc3ccc(F)cc3)cc2)=C1. The number of hydrazine groups is 1. The van der Waals surface area contributed by atoms with Gasteiger partial charge in [-0.1, -0.05) is 0 Å². The lowest BCUT2D eigenvalue weighted by molar-refractivity contribution is 0.278. The topological polar surface area (TPSA) is 36.5 Å². The largest absolute Gasteiger partial charge is 0.457 e. The maximum atomic E-state index is 13.0. The van der Waals surface area contributed by atoms with E-state index in [1.54, 1.807) is 12.1 Å². The molecule has 0 amide bonds. The molecule has 2 N–H and O–H groups in total. The van der Waals surface area contributed by atoms with Crippen LogP contribution in [-0.4, -0.2) is 25.1 Å². The lowest BCUT2D eigenvalue weighted by atomic mass is 10.0. The van der Waals surface area contributed by atoms with Gasteiger partial charge in [0, 0.05) is 19.8 Å². The second-order valence-electron chi connectivity index (χ2n) is 5.82. The van der Waals surface area contributed by atoms with Crippen molar-refractivity contribution in [3.63, 3.8) is 0 Å². The Kier molecular flexibility index (Phi) is 5.05. The molecule has 4 nitrogen and oxygen atoms in total. The summed E-state index contributed by atoms with van der Waals surface area (Å²) in [5.41, 5.74) is 6.47. The minimum absolute atomic E-state index is 0.225. The number of likely N-dealkylation sites (N-methyl/N-ethyl adjacent to an activating group) is 1. The van der Waals surface area contributed by atoms with Crippen LogP contribution in [0.3, 0.4) is 0 Å². The maximum absolute atomic E-state index is 13.0. The van der Waals surface area contributed by atoms with Crippen molar-refractivity contribution in [2.24, 2.45) is 0 Å². The summed E-state index contributed by atoms with van der Waals surface area (Å²) in [6.45, 7) is 2.13. The molecule has 2 aromatic rings. The van der Waals surface area contributed by atoms with Gasteiger partial charge in [0.1, 0.15) is 17.3 Å². The third-order valence-electron chi connectivity index (χ3n) is 4.11. The number of nitrogens with zero attached hydrogens (tertiary/aromatic N) is 1. The van der Waals surface area contributed by atoms with Crippen LogP contribution in [0.5, 0.6) is 11.5 Å². The summed E-state index contributed by atoms with van der Waals surface area (Å²) in [5.74, 6) is 1.04. The molecule has 3 rings (SSSR count). The van der Waals surface area contributed by atoms with Crippen LogP contribution < -0.4 is 15.5 Å². The highest BCUT2D eigenvalue weighted by Gasteiger charge is 2.20. The first-order valence-electron chi connectivity index (χ1n) is 8.22. The first-order chi connectivity index (χ1) is 12.1. The summed E-state index contributed by atoms with van der Waals surface area (Å²) >= 11 is 0. The van der Waals surface area contributed by atoms with E-state index in [1.165, 1.54) is 12.1 Å².